The van der Waals surface area contributed by atoms with E-state index in [9.17, 15) is 14.9 Å². The Bertz CT molecular complexity index is 1050. The summed E-state index contributed by atoms with van der Waals surface area (Å²) in [7, 11) is 0. The zero-order chi connectivity index (χ0) is 20.6. The van der Waals surface area contributed by atoms with Crippen LogP contribution in [0.25, 0.3) is 0 Å². The number of carbonyl (C=O) groups excluding carboxylic acids is 1. The molecular weight excluding hydrogens is 394 g/mol. The Morgan fingerprint density at radius 2 is 1.76 bits per heavy atom. The van der Waals surface area contributed by atoms with E-state index < -0.39 is 10.8 Å². The number of hydrazone groups is 1. The summed E-state index contributed by atoms with van der Waals surface area (Å²) in [6.45, 7) is 0.346. The first-order valence-electron chi connectivity index (χ1n) is 8.57. The molecule has 0 aliphatic heterocycles. The Morgan fingerprint density at radius 3 is 2.48 bits per heavy atom. The summed E-state index contributed by atoms with van der Waals surface area (Å²) < 4.78 is 5.70. The average Bonchev–Trinajstić information content (AvgIpc) is 2.74. The SMILES string of the molecule is O=C(N/N=C\c1ccc(OCc2ccccc2Cl)cc1)c1ccccc1[N+](=O)[O-]. The van der Waals surface area contributed by atoms with Crippen LogP contribution in [0.1, 0.15) is 21.5 Å². The van der Waals surface area contributed by atoms with Gasteiger partial charge in [0.2, 0.25) is 0 Å². The number of ether oxygens (including phenoxy) is 1. The van der Waals surface area contributed by atoms with Crippen molar-refractivity contribution >= 4 is 29.4 Å². The van der Waals surface area contributed by atoms with Crippen LogP contribution in [0.4, 0.5) is 5.69 Å². The zero-order valence-electron chi connectivity index (χ0n) is 15.1. The van der Waals surface area contributed by atoms with Crippen molar-refractivity contribution in [2.45, 2.75) is 6.61 Å². The fraction of sp³-hybridized carbons (Fsp3) is 0.0476. The second-order valence-electron chi connectivity index (χ2n) is 5.92. The van der Waals surface area contributed by atoms with Gasteiger partial charge in [-0.05, 0) is 42.0 Å². The van der Waals surface area contributed by atoms with Crippen molar-refractivity contribution in [2.75, 3.05) is 0 Å². The van der Waals surface area contributed by atoms with E-state index in [1.54, 1.807) is 36.4 Å². The maximum Gasteiger partial charge on any atom is 0.282 e. The van der Waals surface area contributed by atoms with Gasteiger partial charge in [-0.3, -0.25) is 14.9 Å². The van der Waals surface area contributed by atoms with Gasteiger partial charge in [0.1, 0.15) is 17.9 Å². The van der Waals surface area contributed by atoms with Crippen LogP contribution < -0.4 is 10.2 Å². The Labute approximate surface area is 171 Å². The summed E-state index contributed by atoms with van der Waals surface area (Å²) in [6, 6.07) is 20.2. The van der Waals surface area contributed by atoms with Crippen molar-refractivity contribution < 1.29 is 14.5 Å². The molecule has 0 saturated heterocycles. The largest absolute Gasteiger partial charge is 0.489 e. The van der Waals surface area contributed by atoms with Crippen molar-refractivity contribution in [3.05, 3.63) is 105 Å². The number of hydrogen-bond acceptors (Lipinski definition) is 5. The fourth-order valence-electron chi connectivity index (χ4n) is 2.48. The zero-order valence-corrected chi connectivity index (χ0v) is 15.9. The highest BCUT2D eigenvalue weighted by Gasteiger charge is 2.18. The van der Waals surface area contributed by atoms with E-state index in [1.165, 1.54) is 24.4 Å². The van der Waals surface area contributed by atoms with Crippen LogP contribution in [-0.4, -0.2) is 17.0 Å². The molecule has 0 radical (unpaired) electrons. The Balaban J connectivity index is 1.57. The summed E-state index contributed by atoms with van der Waals surface area (Å²) in [5.74, 6) is -0.000686. The molecule has 0 bridgehead atoms. The lowest BCUT2D eigenvalue weighted by molar-refractivity contribution is -0.385. The van der Waals surface area contributed by atoms with Crippen LogP contribution >= 0.6 is 11.6 Å². The number of hydrogen-bond donors (Lipinski definition) is 1. The number of nitrogens with one attached hydrogen (secondary N) is 1. The molecule has 0 aromatic heterocycles. The normalized spacial score (nSPS) is 10.7. The molecule has 0 aliphatic rings. The highest BCUT2D eigenvalue weighted by molar-refractivity contribution is 6.31. The number of amides is 1. The monoisotopic (exact) mass is 409 g/mol. The summed E-state index contributed by atoms with van der Waals surface area (Å²) in [5.41, 5.74) is 3.56. The first-order valence-corrected chi connectivity index (χ1v) is 8.95. The third kappa shape index (κ3) is 5.40. The lowest BCUT2D eigenvalue weighted by atomic mass is 10.2. The van der Waals surface area contributed by atoms with E-state index in [0.29, 0.717) is 17.4 Å². The molecule has 29 heavy (non-hydrogen) atoms. The van der Waals surface area contributed by atoms with Gasteiger partial charge in [0.15, 0.2) is 0 Å². The average molecular weight is 410 g/mol. The molecular formula is C21H16ClN3O4. The Kier molecular flexibility index (Phi) is 6.55. The minimum absolute atomic E-state index is 0.0574. The third-order valence-corrected chi connectivity index (χ3v) is 4.33. The van der Waals surface area contributed by atoms with Crippen molar-refractivity contribution in [1.29, 1.82) is 0 Å². The van der Waals surface area contributed by atoms with Gasteiger partial charge in [0, 0.05) is 16.7 Å². The minimum atomic E-state index is -0.659. The van der Waals surface area contributed by atoms with Crippen molar-refractivity contribution in [1.82, 2.24) is 5.43 Å². The van der Waals surface area contributed by atoms with E-state index in [4.69, 9.17) is 16.3 Å². The van der Waals surface area contributed by atoms with Gasteiger partial charge < -0.3 is 4.74 Å². The number of benzene rings is 3. The summed E-state index contributed by atoms with van der Waals surface area (Å²) in [4.78, 5) is 22.5. The van der Waals surface area contributed by atoms with Crippen LogP contribution in [0.3, 0.4) is 0 Å². The second kappa shape index (κ2) is 9.48. The van der Waals surface area contributed by atoms with Crippen LogP contribution in [0.15, 0.2) is 77.9 Å². The number of para-hydroxylation sites is 1. The van der Waals surface area contributed by atoms with Gasteiger partial charge >= 0.3 is 0 Å². The van der Waals surface area contributed by atoms with Crippen LogP contribution in [-0.2, 0) is 6.61 Å². The maximum absolute atomic E-state index is 12.1. The topological polar surface area (TPSA) is 93.8 Å². The summed E-state index contributed by atoms with van der Waals surface area (Å²) >= 11 is 6.10. The quantitative estimate of drug-likeness (QED) is 0.351. The standard InChI is InChI=1S/C21H16ClN3O4/c22-19-7-3-1-5-16(19)14-29-17-11-9-15(10-12-17)13-23-24-21(26)18-6-2-4-8-20(18)25(27)28/h1-13H,14H2,(H,24,26)/b23-13-. The van der Waals surface area contributed by atoms with Gasteiger partial charge in [-0.2, -0.15) is 5.10 Å². The number of nitrogens with zero attached hydrogens (tertiary/aromatic N) is 2. The Morgan fingerprint density at radius 1 is 1.07 bits per heavy atom. The molecule has 3 aromatic carbocycles. The first-order chi connectivity index (χ1) is 14.0. The molecule has 0 saturated carbocycles. The number of nitro benzene ring substituents is 1. The van der Waals surface area contributed by atoms with E-state index in [1.807, 2.05) is 18.2 Å². The molecule has 7 nitrogen and oxygen atoms in total. The molecule has 8 heteroatoms. The number of carbonyl (C=O) groups is 1. The summed E-state index contributed by atoms with van der Waals surface area (Å²) in [6.07, 6.45) is 1.44. The third-order valence-electron chi connectivity index (χ3n) is 3.96. The molecule has 0 heterocycles. The molecule has 3 aromatic rings. The van der Waals surface area contributed by atoms with Crippen molar-refractivity contribution in [3.63, 3.8) is 0 Å². The lowest BCUT2D eigenvalue weighted by Gasteiger charge is -2.07. The fourth-order valence-corrected chi connectivity index (χ4v) is 2.67. The molecule has 3 rings (SSSR count). The number of nitro groups is 1. The molecule has 0 spiro atoms. The smallest absolute Gasteiger partial charge is 0.282 e. The number of halogens is 1. The summed E-state index contributed by atoms with van der Waals surface area (Å²) in [5, 5.41) is 15.5. The number of rotatable bonds is 7. The van der Waals surface area contributed by atoms with Crippen molar-refractivity contribution in [3.8, 4) is 5.75 Å². The predicted molar refractivity (Wildman–Crippen MR) is 110 cm³/mol. The lowest BCUT2D eigenvalue weighted by Crippen LogP contribution is -2.18. The minimum Gasteiger partial charge on any atom is -0.489 e. The van der Waals surface area contributed by atoms with Gasteiger partial charge in [-0.1, -0.05) is 41.9 Å². The van der Waals surface area contributed by atoms with Crippen LogP contribution in [0, 0.1) is 10.1 Å². The maximum atomic E-state index is 12.1. The van der Waals surface area contributed by atoms with E-state index >= 15 is 0 Å². The van der Waals surface area contributed by atoms with E-state index in [-0.39, 0.29) is 11.3 Å². The molecule has 1 amide bonds. The van der Waals surface area contributed by atoms with Crippen molar-refractivity contribution in [2.24, 2.45) is 5.10 Å². The Hall–Kier alpha value is -3.71. The van der Waals surface area contributed by atoms with Gasteiger partial charge in [-0.15, -0.1) is 0 Å². The molecule has 0 fully saturated rings. The van der Waals surface area contributed by atoms with E-state index in [0.717, 1.165) is 11.1 Å². The molecule has 0 atom stereocenters. The molecule has 1 N–H and O–H groups in total. The molecule has 146 valence electrons. The highest BCUT2D eigenvalue weighted by atomic mass is 35.5. The molecule has 0 unspecified atom stereocenters. The van der Waals surface area contributed by atoms with E-state index in [2.05, 4.69) is 10.5 Å². The predicted octanol–water partition coefficient (Wildman–Crippen LogP) is 4.59. The van der Waals surface area contributed by atoms with Gasteiger partial charge in [-0.25, -0.2) is 5.43 Å². The molecule has 0 aliphatic carbocycles. The van der Waals surface area contributed by atoms with Gasteiger partial charge in [0.25, 0.3) is 11.6 Å². The highest BCUT2D eigenvalue weighted by Crippen LogP contribution is 2.19. The first kappa shape index (κ1) is 20.0. The van der Waals surface area contributed by atoms with Crippen LogP contribution in [0.5, 0.6) is 5.75 Å². The second-order valence-corrected chi connectivity index (χ2v) is 6.33. The van der Waals surface area contributed by atoms with Crippen LogP contribution in [0.2, 0.25) is 5.02 Å². The van der Waals surface area contributed by atoms with Gasteiger partial charge in [0.05, 0.1) is 11.1 Å².